The van der Waals surface area contributed by atoms with Crippen molar-refractivity contribution in [3.05, 3.63) is 11.1 Å². The summed E-state index contributed by atoms with van der Waals surface area (Å²) in [7, 11) is 0. The van der Waals surface area contributed by atoms with Crippen LogP contribution in [-0.2, 0) is 4.79 Å². The lowest BCUT2D eigenvalue weighted by molar-refractivity contribution is -0.132. The van der Waals surface area contributed by atoms with Crippen molar-refractivity contribution in [1.29, 1.82) is 5.26 Å². The van der Waals surface area contributed by atoms with Gasteiger partial charge in [-0.05, 0) is 30.8 Å². The lowest BCUT2D eigenvalue weighted by atomic mass is 9.90. The molecule has 2 aliphatic heterocycles. The van der Waals surface area contributed by atoms with E-state index in [1.54, 1.807) is 0 Å². The molecule has 0 saturated carbocycles. The Balaban J connectivity index is 2.28. The number of hydrogen-bond acceptors (Lipinski definition) is 3. The van der Waals surface area contributed by atoms with Gasteiger partial charge in [0.05, 0.1) is 0 Å². The molecule has 2 saturated heterocycles. The monoisotopic (exact) mass is 220 g/mol. The van der Waals surface area contributed by atoms with Gasteiger partial charge in [-0.1, -0.05) is 6.92 Å². The van der Waals surface area contributed by atoms with Crippen molar-refractivity contribution in [2.45, 2.75) is 32.2 Å². The summed E-state index contributed by atoms with van der Waals surface area (Å²) in [6, 6.07) is 2.41. The number of hydrogen-bond donors (Lipinski definition) is 1. The smallest absolute Gasteiger partial charge is 0.346 e. The molecule has 0 aromatic carbocycles. The van der Waals surface area contributed by atoms with Gasteiger partial charge in [-0.2, -0.15) is 5.26 Å². The SMILES string of the molecule is CCC1CC[C@@H]2CN1CC2=C(C#N)C(=O)O. The fraction of sp³-hybridized carbons (Fsp3) is 0.667. The Morgan fingerprint density at radius 1 is 1.62 bits per heavy atom. The van der Waals surface area contributed by atoms with Crippen molar-refractivity contribution in [1.82, 2.24) is 4.90 Å². The van der Waals surface area contributed by atoms with Crippen LogP contribution in [0.1, 0.15) is 26.2 Å². The lowest BCUT2D eigenvalue weighted by Crippen LogP contribution is -2.36. The first-order valence-corrected chi connectivity index (χ1v) is 5.77. The van der Waals surface area contributed by atoms with Crippen LogP contribution < -0.4 is 0 Å². The summed E-state index contributed by atoms with van der Waals surface area (Å²) in [5.41, 5.74) is 0.829. The standard InChI is InChI=1S/C12H16N2O2/c1-2-9-4-3-8-6-14(9)7-11(8)10(5-13)12(15)16/h8-9H,2-4,6-7H2,1H3,(H,15,16)/t8-,9?/m1/s1. The van der Waals surface area contributed by atoms with Crippen molar-refractivity contribution < 1.29 is 9.90 Å². The highest BCUT2D eigenvalue weighted by atomic mass is 16.4. The minimum Gasteiger partial charge on any atom is -0.477 e. The Bertz CT molecular complexity index is 381. The molecule has 3 atom stereocenters. The molecule has 0 spiro atoms. The van der Waals surface area contributed by atoms with Gasteiger partial charge in [0.1, 0.15) is 11.6 Å². The molecule has 2 bridgehead atoms. The van der Waals surface area contributed by atoms with Crippen LogP contribution in [0.15, 0.2) is 11.1 Å². The number of aliphatic carboxylic acids is 1. The topological polar surface area (TPSA) is 64.3 Å². The van der Waals surface area contributed by atoms with Crippen molar-refractivity contribution in [3.63, 3.8) is 0 Å². The molecule has 0 amide bonds. The molecule has 16 heavy (non-hydrogen) atoms. The van der Waals surface area contributed by atoms with Gasteiger partial charge in [-0.25, -0.2) is 4.79 Å². The number of carboxylic acid groups (broad SMARTS) is 1. The third kappa shape index (κ3) is 1.72. The van der Waals surface area contributed by atoms with Crippen molar-refractivity contribution >= 4 is 5.97 Å². The molecule has 2 aliphatic rings. The van der Waals surface area contributed by atoms with E-state index in [0.717, 1.165) is 31.4 Å². The van der Waals surface area contributed by atoms with Crippen LogP contribution in [0.5, 0.6) is 0 Å². The van der Waals surface area contributed by atoms with E-state index in [9.17, 15) is 4.79 Å². The van der Waals surface area contributed by atoms with Gasteiger partial charge in [0.25, 0.3) is 0 Å². The minimum atomic E-state index is -1.07. The highest BCUT2D eigenvalue weighted by Gasteiger charge is 2.38. The van der Waals surface area contributed by atoms with E-state index in [1.807, 2.05) is 6.07 Å². The maximum absolute atomic E-state index is 11.0. The first-order valence-electron chi connectivity index (χ1n) is 5.77. The normalized spacial score (nSPS) is 35.6. The van der Waals surface area contributed by atoms with E-state index in [-0.39, 0.29) is 5.57 Å². The van der Waals surface area contributed by atoms with Crippen LogP contribution in [0.4, 0.5) is 0 Å². The maximum atomic E-state index is 11.0. The molecule has 0 aliphatic carbocycles. The van der Waals surface area contributed by atoms with E-state index < -0.39 is 5.97 Å². The van der Waals surface area contributed by atoms with Crippen molar-refractivity contribution in [3.8, 4) is 6.07 Å². The van der Waals surface area contributed by atoms with Crippen LogP contribution in [0.3, 0.4) is 0 Å². The molecule has 2 rings (SSSR count). The van der Waals surface area contributed by atoms with Crippen LogP contribution in [0, 0.1) is 17.2 Å². The summed E-state index contributed by atoms with van der Waals surface area (Å²) in [6.45, 7) is 3.78. The molecule has 4 nitrogen and oxygen atoms in total. The fourth-order valence-corrected chi connectivity index (χ4v) is 2.93. The maximum Gasteiger partial charge on any atom is 0.346 e. The Hall–Kier alpha value is -1.34. The van der Waals surface area contributed by atoms with E-state index in [2.05, 4.69) is 11.8 Å². The summed E-state index contributed by atoms with van der Waals surface area (Å²) in [5, 5.41) is 17.9. The largest absolute Gasteiger partial charge is 0.477 e. The number of rotatable bonds is 2. The number of piperidine rings is 1. The molecule has 2 heterocycles. The van der Waals surface area contributed by atoms with E-state index in [0.29, 0.717) is 18.5 Å². The molecule has 86 valence electrons. The third-order valence-corrected chi connectivity index (χ3v) is 3.80. The highest BCUT2D eigenvalue weighted by molar-refractivity contribution is 5.92. The first kappa shape index (κ1) is 11.2. The van der Waals surface area contributed by atoms with Crippen molar-refractivity contribution in [2.75, 3.05) is 13.1 Å². The number of fused-ring (bicyclic) bond motifs is 2. The number of nitrogens with zero attached hydrogens (tertiary/aromatic N) is 2. The minimum absolute atomic E-state index is 0.0238. The Labute approximate surface area is 95.2 Å². The molecule has 0 aromatic heterocycles. The Morgan fingerprint density at radius 2 is 2.38 bits per heavy atom. The average molecular weight is 220 g/mol. The Morgan fingerprint density at radius 3 is 2.94 bits per heavy atom. The molecule has 2 unspecified atom stereocenters. The zero-order valence-corrected chi connectivity index (χ0v) is 9.44. The summed E-state index contributed by atoms with van der Waals surface area (Å²) < 4.78 is 0. The van der Waals surface area contributed by atoms with E-state index in [1.165, 1.54) is 0 Å². The first-order chi connectivity index (χ1) is 7.67. The van der Waals surface area contributed by atoms with Gasteiger partial charge in [-0.15, -0.1) is 0 Å². The van der Waals surface area contributed by atoms with E-state index >= 15 is 0 Å². The predicted octanol–water partition coefficient (Wildman–Crippen LogP) is 1.40. The van der Waals surface area contributed by atoms with Gasteiger partial charge in [0, 0.05) is 19.1 Å². The average Bonchev–Trinajstić information content (AvgIpc) is 2.58. The summed E-state index contributed by atoms with van der Waals surface area (Å²) in [5.74, 6) is -0.771. The van der Waals surface area contributed by atoms with Gasteiger partial charge in [-0.3, -0.25) is 4.90 Å². The quantitative estimate of drug-likeness (QED) is 0.564. The van der Waals surface area contributed by atoms with Gasteiger partial charge in [0.15, 0.2) is 0 Å². The van der Waals surface area contributed by atoms with Crippen molar-refractivity contribution in [2.24, 2.45) is 5.92 Å². The van der Waals surface area contributed by atoms with Gasteiger partial charge in [0.2, 0.25) is 0 Å². The second-order valence-electron chi connectivity index (χ2n) is 4.58. The lowest BCUT2D eigenvalue weighted by Gasteiger charge is -2.30. The number of carbonyl (C=O) groups is 1. The third-order valence-electron chi connectivity index (χ3n) is 3.80. The molecule has 0 radical (unpaired) electrons. The number of nitriles is 1. The second kappa shape index (κ2) is 4.26. The molecular weight excluding hydrogens is 204 g/mol. The zero-order valence-electron chi connectivity index (χ0n) is 9.44. The summed E-state index contributed by atoms with van der Waals surface area (Å²) in [4.78, 5) is 13.3. The van der Waals surface area contributed by atoms with E-state index in [4.69, 9.17) is 10.4 Å². The molecular formula is C12H16N2O2. The molecule has 0 aromatic rings. The van der Waals surface area contributed by atoms with Gasteiger partial charge >= 0.3 is 5.97 Å². The molecule has 1 N–H and O–H groups in total. The fourth-order valence-electron chi connectivity index (χ4n) is 2.93. The summed E-state index contributed by atoms with van der Waals surface area (Å²) >= 11 is 0. The second-order valence-corrected chi connectivity index (χ2v) is 4.58. The van der Waals surface area contributed by atoms with Crippen LogP contribution in [-0.4, -0.2) is 35.1 Å². The van der Waals surface area contributed by atoms with Crippen LogP contribution in [0.25, 0.3) is 0 Å². The highest BCUT2D eigenvalue weighted by Crippen LogP contribution is 2.37. The van der Waals surface area contributed by atoms with Gasteiger partial charge < -0.3 is 5.11 Å². The Kier molecular flexibility index (Phi) is 2.97. The predicted molar refractivity (Wildman–Crippen MR) is 58.7 cm³/mol. The van der Waals surface area contributed by atoms with Crippen LogP contribution in [0.2, 0.25) is 0 Å². The zero-order chi connectivity index (χ0) is 11.7. The number of carboxylic acids is 1. The molecule has 2 fully saturated rings. The molecule has 4 heteroatoms. The summed E-state index contributed by atoms with van der Waals surface area (Å²) in [6.07, 6.45) is 3.26. The van der Waals surface area contributed by atoms with Crippen LogP contribution >= 0.6 is 0 Å².